The van der Waals surface area contributed by atoms with Crippen LogP contribution in [0.1, 0.15) is 24.2 Å². The van der Waals surface area contributed by atoms with Crippen LogP contribution in [0.4, 0.5) is 4.79 Å². The minimum Gasteiger partial charge on any atom is -0.357 e. The third-order valence-corrected chi connectivity index (χ3v) is 6.02. The number of aromatic amines is 1. The lowest BCUT2D eigenvalue weighted by Crippen LogP contribution is -2.52. The van der Waals surface area contributed by atoms with Crippen molar-refractivity contribution in [2.75, 3.05) is 20.1 Å². The number of likely N-dealkylation sites (N-methyl/N-ethyl adjacent to an activating group) is 1. The second-order valence-corrected chi connectivity index (χ2v) is 8.53. The van der Waals surface area contributed by atoms with Crippen molar-refractivity contribution in [3.05, 3.63) is 52.9 Å². The number of likely N-dealkylation sites (tertiary alicyclic amines) is 1. The van der Waals surface area contributed by atoms with Gasteiger partial charge >= 0.3 is 6.03 Å². The lowest BCUT2D eigenvalue weighted by atomic mass is 10.0. The first-order chi connectivity index (χ1) is 14.9. The van der Waals surface area contributed by atoms with Crippen LogP contribution >= 0.6 is 11.6 Å². The Morgan fingerprint density at radius 1 is 1.32 bits per heavy atom. The number of nitrogens with zero attached hydrogens (tertiary/aromatic N) is 4. The molecule has 0 radical (unpaired) electrons. The van der Waals surface area contributed by atoms with Crippen molar-refractivity contribution >= 4 is 34.4 Å². The zero-order chi connectivity index (χ0) is 22.0. The molecule has 164 valence electrons. The molecule has 8 nitrogen and oxygen atoms in total. The molecule has 9 heteroatoms. The fourth-order valence-corrected chi connectivity index (χ4v) is 4.22. The summed E-state index contributed by atoms with van der Waals surface area (Å²) < 4.78 is 1.70. The lowest BCUT2D eigenvalue weighted by Gasteiger charge is -2.37. The SMILES string of the molecule is CN(C(=O)NCc1cc2cc(Cl)ccc2[nH]1)[C@@H]1CCCN(C(=O)Cc2ccn(C)n2)C1. The number of hydrogen-bond acceptors (Lipinski definition) is 3. The van der Waals surface area contributed by atoms with Gasteiger partial charge in [-0.3, -0.25) is 9.48 Å². The number of H-pyrrole nitrogens is 1. The molecule has 0 spiro atoms. The number of nitrogens with one attached hydrogen (secondary N) is 2. The van der Waals surface area contributed by atoms with Crippen LogP contribution in [-0.4, -0.2) is 62.7 Å². The van der Waals surface area contributed by atoms with E-state index in [1.165, 1.54) is 0 Å². The van der Waals surface area contributed by atoms with E-state index in [1.54, 1.807) is 16.6 Å². The standard InChI is InChI=1S/C22H27ClN6O2/c1-27-9-7-17(26-27)12-21(30)29-8-3-4-19(14-29)28(2)22(31)24-13-18-11-15-10-16(23)5-6-20(15)25-18/h5-7,9-11,19,25H,3-4,8,12-14H2,1-2H3,(H,24,31)/t19-/m1/s1. The molecule has 0 saturated carbocycles. The molecule has 3 amide bonds. The molecule has 31 heavy (non-hydrogen) atoms. The van der Waals surface area contributed by atoms with E-state index >= 15 is 0 Å². The number of carbonyl (C=O) groups excluding carboxylic acids is 2. The molecule has 1 aliphatic rings. The number of carbonyl (C=O) groups is 2. The Labute approximate surface area is 186 Å². The van der Waals surface area contributed by atoms with Gasteiger partial charge in [-0.1, -0.05) is 11.6 Å². The Balaban J connectivity index is 1.31. The van der Waals surface area contributed by atoms with E-state index in [1.807, 2.05) is 48.5 Å². The second-order valence-electron chi connectivity index (χ2n) is 8.09. The van der Waals surface area contributed by atoms with Gasteiger partial charge in [-0.25, -0.2) is 4.79 Å². The first-order valence-corrected chi connectivity index (χ1v) is 10.8. The summed E-state index contributed by atoms with van der Waals surface area (Å²) in [4.78, 5) is 32.2. The van der Waals surface area contributed by atoms with Gasteiger partial charge in [-0.05, 0) is 43.2 Å². The number of piperidine rings is 1. The quantitative estimate of drug-likeness (QED) is 0.637. The number of halogens is 1. The van der Waals surface area contributed by atoms with Gasteiger partial charge in [0.1, 0.15) is 0 Å². The van der Waals surface area contributed by atoms with E-state index in [9.17, 15) is 9.59 Å². The van der Waals surface area contributed by atoms with Gasteiger partial charge in [0.05, 0.1) is 24.7 Å². The summed E-state index contributed by atoms with van der Waals surface area (Å²) in [6.07, 6.45) is 3.87. The molecule has 1 atom stereocenters. The smallest absolute Gasteiger partial charge is 0.317 e. The molecule has 3 aromatic rings. The second kappa shape index (κ2) is 9.01. The maximum Gasteiger partial charge on any atom is 0.317 e. The Bertz CT molecular complexity index is 1090. The number of benzene rings is 1. The van der Waals surface area contributed by atoms with E-state index < -0.39 is 0 Å². The van der Waals surface area contributed by atoms with Gasteiger partial charge in [0.15, 0.2) is 0 Å². The zero-order valence-corrected chi connectivity index (χ0v) is 18.5. The summed E-state index contributed by atoms with van der Waals surface area (Å²) in [6.45, 7) is 1.65. The molecule has 3 heterocycles. The maximum atomic E-state index is 12.7. The summed E-state index contributed by atoms with van der Waals surface area (Å²) in [5.41, 5.74) is 2.66. The molecule has 1 saturated heterocycles. The van der Waals surface area contributed by atoms with Crippen molar-refractivity contribution in [3.63, 3.8) is 0 Å². The maximum absolute atomic E-state index is 12.7. The summed E-state index contributed by atoms with van der Waals surface area (Å²) in [7, 11) is 3.63. The Morgan fingerprint density at radius 3 is 2.94 bits per heavy atom. The highest BCUT2D eigenvalue weighted by atomic mass is 35.5. The first kappa shape index (κ1) is 21.2. The molecule has 2 aromatic heterocycles. The van der Waals surface area contributed by atoms with Crippen molar-refractivity contribution in [2.24, 2.45) is 7.05 Å². The monoisotopic (exact) mass is 442 g/mol. The number of rotatable bonds is 5. The topological polar surface area (TPSA) is 86.3 Å². The van der Waals surface area contributed by atoms with Crippen LogP contribution in [0.2, 0.25) is 5.02 Å². The largest absolute Gasteiger partial charge is 0.357 e. The van der Waals surface area contributed by atoms with Crippen LogP contribution < -0.4 is 5.32 Å². The lowest BCUT2D eigenvalue weighted by molar-refractivity contribution is -0.132. The van der Waals surface area contributed by atoms with Crippen LogP contribution in [0, 0.1) is 0 Å². The van der Waals surface area contributed by atoms with Crippen LogP contribution in [0.25, 0.3) is 10.9 Å². The van der Waals surface area contributed by atoms with E-state index in [0.717, 1.165) is 41.7 Å². The highest BCUT2D eigenvalue weighted by molar-refractivity contribution is 6.31. The Morgan fingerprint density at radius 2 is 2.16 bits per heavy atom. The fraction of sp³-hybridized carbons (Fsp3) is 0.409. The Kier molecular flexibility index (Phi) is 6.18. The third kappa shape index (κ3) is 5.02. The average molecular weight is 443 g/mol. The van der Waals surface area contributed by atoms with Gasteiger partial charge in [0.25, 0.3) is 0 Å². The van der Waals surface area contributed by atoms with Gasteiger partial charge < -0.3 is 20.1 Å². The zero-order valence-electron chi connectivity index (χ0n) is 17.8. The molecule has 0 bridgehead atoms. The number of amides is 3. The Hall–Kier alpha value is -3.00. The van der Waals surface area contributed by atoms with Crippen LogP contribution in [-0.2, 0) is 24.8 Å². The minimum absolute atomic E-state index is 0.0112. The summed E-state index contributed by atoms with van der Waals surface area (Å²) in [5.74, 6) is 0.0499. The molecule has 2 N–H and O–H groups in total. The molecule has 1 aliphatic heterocycles. The van der Waals surface area contributed by atoms with Gasteiger partial charge in [0, 0.05) is 55.0 Å². The van der Waals surface area contributed by atoms with E-state index in [0.29, 0.717) is 18.1 Å². The fourth-order valence-electron chi connectivity index (χ4n) is 4.04. The molecular formula is C22H27ClN6O2. The number of hydrogen-bond donors (Lipinski definition) is 2. The van der Waals surface area contributed by atoms with E-state index in [-0.39, 0.29) is 24.4 Å². The van der Waals surface area contributed by atoms with Crippen molar-refractivity contribution in [2.45, 2.75) is 31.8 Å². The minimum atomic E-state index is -0.152. The number of aromatic nitrogens is 3. The van der Waals surface area contributed by atoms with Crippen LogP contribution in [0.5, 0.6) is 0 Å². The number of aryl methyl sites for hydroxylation is 1. The van der Waals surface area contributed by atoms with E-state index in [2.05, 4.69) is 15.4 Å². The average Bonchev–Trinajstić information content (AvgIpc) is 3.36. The normalized spacial score (nSPS) is 16.5. The molecular weight excluding hydrogens is 416 g/mol. The predicted molar refractivity (Wildman–Crippen MR) is 120 cm³/mol. The van der Waals surface area contributed by atoms with Crippen LogP contribution in [0.15, 0.2) is 36.5 Å². The van der Waals surface area contributed by atoms with Crippen molar-refractivity contribution in [3.8, 4) is 0 Å². The third-order valence-electron chi connectivity index (χ3n) is 5.79. The summed E-state index contributed by atoms with van der Waals surface area (Å²) in [5, 5.41) is 8.95. The first-order valence-electron chi connectivity index (χ1n) is 10.4. The highest BCUT2D eigenvalue weighted by Crippen LogP contribution is 2.20. The molecule has 1 aromatic carbocycles. The van der Waals surface area contributed by atoms with Gasteiger partial charge in [-0.2, -0.15) is 5.10 Å². The van der Waals surface area contributed by atoms with E-state index in [4.69, 9.17) is 11.6 Å². The predicted octanol–water partition coefficient (Wildman–Crippen LogP) is 2.93. The van der Waals surface area contributed by atoms with Crippen LogP contribution in [0.3, 0.4) is 0 Å². The summed E-state index contributed by atoms with van der Waals surface area (Å²) >= 11 is 6.04. The molecule has 4 rings (SSSR count). The number of fused-ring (bicyclic) bond motifs is 1. The van der Waals surface area contributed by atoms with Crippen molar-refractivity contribution < 1.29 is 9.59 Å². The molecule has 0 unspecified atom stereocenters. The molecule has 1 fully saturated rings. The molecule has 0 aliphatic carbocycles. The van der Waals surface area contributed by atoms with Gasteiger partial charge in [-0.15, -0.1) is 0 Å². The van der Waals surface area contributed by atoms with Gasteiger partial charge in [0.2, 0.25) is 5.91 Å². The highest BCUT2D eigenvalue weighted by Gasteiger charge is 2.28. The number of urea groups is 1. The van der Waals surface area contributed by atoms with Crippen molar-refractivity contribution in [1.82, 2.24) is 29.9 Å². The van der Waals surface area contributed by atoms with Crippen molar-refractivity contribution in [1.29, 1.82) is 0 Å². The summed E-state index contributed by atoms with van der Waals surface area (Å²) in [6, 6.07) is 9.33.